The smallest absolute Gasteiger partial charge is 0.331 e. The Labute approximate surface area is 92.7 Å². The van der Waals surface area contributed by atoms with Crippen LogP contribution in [0.25, 0.3) is 0 Å². The fourth-order valence-electron chi connectivity index (χ4n) is 1.31. The van der Waals surface area contributed by atoms with Gasteiger partial charge in [0, 0.05) is 12.4 Å². The Morgan fingerprint density at radius 3 is 2.94 bits per heavy atom. The second-order valence-corrected chi connectivity index (χ2v) is 3.10. The van der Waals surface area contributed by atoms with Gasteiger partial charge in [-0.1, -0.05) is 12.1 Å². The molecular weight excluding hydrogens is 206 g/mol. The number of carbonyl (C=O) groups is 1. The number of aromatic nitrogens is 2. The number of methoxy groups -OCH3 is 1. The summed E-state index contributed by atoms with van der Waals surface area (Å²) in [5.41, 5.74) is 0.628. The van der Waals surface area contributed by atoms with Gasteiger partial charge in [0.1, 0.15) is 12.1 Å². The lowest BCUT2D eigenvalue weighted by molar-refractivity contribution is 0.253. The number of nitrogens with zero attached hydrogens (tertiary/aromatic N) is 2. The molecular formula is C11H11N3O2. The first-order valence-electron chi connectivity index (χ1n) is 4.73. The van der Waals surface area contributed by atoms with Crippen LogP contribution in [-0.4, -0.2) is 22.7 Å². The summed E-state index contributed by atoms with van der Waals surface area (Å²) in [6.07, 6.45) is 4.55. The van der Waals surface area contributed by atoms with Gasteiger partial charge in [-0.2, -0.15) is 0 Å². The summed E-state index contributed by atoms with van der Waals surface area (Å²) in [5.74, 6) is 0.621. The third-order valence-electron chi connectivity index (χ3n) is 2.09. The first-order valence-corrected chi connectivity index (χ1v) is 4.73. The fourth-order valence-corrected chi connectivity index (χ4v) is 1.31. The number of nitrogens with one attached hydrogen (secondary N) is 1. The first kappa shape index (κ1) is 10.2. The predicted molar refractivity (Wildman–Crippen MR) is 59.6 cm³/mol. The lowest BCUT2D eigenvalue weighted by atomic mass is 10.3. The van der Waals surface area contributed by atoms with Crippen LogP contribution in [0.5, 0.6) is 5.75 Å². The SMILES string of the molecule is COc1ccccc1NC(=O)n1ccnc1. The Bertz CT molecular complexity index is 480. The van der Waals surface area contributed by atoms with Gasteiger partial charge in [-0.15, -0.1) is 0 Å². The summed E-state index contributed by atoms with van der Waals surface area (Å²) < 4.78 is 6.48. The maximum Gasteiger partial charge on any atom is 0.331 e. The summed E-state index contributed by atoms with van der Waals surface area (Å²) in [6, 6.07) is 6.94. The maximum atomic E-state index is 11.7. The molecule has 5 nitrogen and oxygen atoms in total. The van der Waals surface area contributed by atoms with E-state index in [1.54, 1.807) is 31.6 Å². The van der Waals surface area contributed by atoms with Crippen LogP contribution in [0.1, 0.15) is 0 Å². The van der Waals surface area contributed by atoms with E-state index < -0.39 is 0 Å². The molecule has 0 aliphatic carbocycles. The molecule has 0 aliphatic heterocycles. The number of anilines is 1. The van der Waals surface area contributed by atoms with Crippen molar-refractivity contribution < 1.29 is 9.53 Å². The molecule has 1 aromatic carbocycles. The van der Waals surface area contributed by atoms with Gasteiger partial charge in [-0.25, -0.2) is 9.78 Å². The van der Waals surface area contributed by atoms with Crippen LogP contribution in [0.4, 0.5) is 10.5 Å². The highest BCUT2D eigenvalue weighted by Gasteiger charge is 2.07. The Morgan fingerprint density at radius 1 is 1.44 bits per heavy atom. The van der Waals surface area contributed by atoms with Gasteiger partial charge in [0.15, 0.2) is 0 Å². The minimum Gasteiger partial charge on any atom is -0.495 e. The largest absolute Gasteiger partial charge is 0.495 e. The van der Waals surface area contributed by atoms with E-state index in [-0.39, 0.29) is 6.03 Å². The quantitative estimate of drug-likeness (QED) is 0.836. The van der Waals surface area contributed by atoms with E-state index in [2.05, 4.69) is 10.3 Å². The zero-order chi connectivity index (χ0) is 11.4. The van der Waals surface area contributed by atoms with Gasteiger partial charge in [0.05, 0.1) is 12.8 Å². The van der Waals surface area contributed by atoms with Crippen LogP contribution >= 0.6 is 0 Å². The van der Waals surface area contributed by atoms with E-state index in [4.69, 9.17) is 4.74 Å². The summed E-state index contributed by atoms with van der Waals surface area (Å²) in [6.45, 7) is 0. The van der Waals surface area contributed by atoms with Crippen molar-refractivity contribution in [3.63, 3.8) is 0 Å². The van der Waals surface area contributed by atoms with E-state index >= 15 is 0 Å². The van der Waals surface area contributed by atoms with Crippen molar-refractivity contribution in [2.75, 3.05) is 12.4 Å². The van der Waals surface area contributed by atoms with Crippen LogP contribution in [0.2, 0.25) is 0 Å². The third-order valence-corrected chi connectivity index (χ3v) is 2.09. The van der Waals surface area contributed by atoms with Crippen LogP contribution in [0.3, 0.4) is 0 Å². The van der Waals surface area contributed by atoms with Crippen LogP contribution in [-0.2, 0) is 0 Å². The summed E-state index contributed by atoms with van der Waals surface area (Å²) in [5, 5.41) is 2.72. The molecule has 0 aliphatic rings. The number of carbonyl (C=O) groups excluding carboxylic acids is 1. The molecule has 1 heterocycles. The van der Waals surface area contributed by atoms with Crippen molar-refractivity contribution in [2.45, 2.75) is 0 Å². The average molecular weight is 217 g/mol. The molecule has 0 spiro atoms. The van der Waals surface area contributed by atoms with Crippen molar-refractivity contribution in [1.82, 2.24) is 9.55 Å². The number of hydrogen-bond donors (Lipinski definition) is 1. The molecule has 2 aromatic rings. The van der Waals surface area contributed by atoms with Crippen molar-refractivity contribution >= 4 is 11.7 Å². The summed E-state index contributed by atoms with van der Waals surface area (Å²) in [4.78, 5) is 15.5. The molecule has 5 heteroatoms. The molecule has 1 aromatic heterocycles. The molecule has 0 radical (unpaired) electrons. The normalized spacial score (nSPS) is 9.81. The van der Waals surface area contributed by atoms with Gasteiger partial charge in [0.2, 0.25) is 0 Å². The van der Waals surface area contributed by atoms with Gasteiger partial charge >= 0.3 is 6.03 Å². The molecule has 0 bridgehead atoms. The number of amides is 1. The molecule has 0 fully saturated rings. The Hall–Kier alpha value is -2.30. The van der Waals surface area contributed by atoms with Gasteiger partial charge < -0.3 is 10.1 Å². The van der Waals surface area contributed by atoms with Gasteiger partial charge in [-0.3, -0.25) is 4.57 Å². The number of imidazole rings is 1. The summed E-state index contributed by atoms with van der Waals surface area (Å²) >= 11 is 0. The molecule has 1 amide bonds. The van der Waals surface area contributed by atoms with Gasteiger partial charge in [-0.05, 0) is 12.1 Å². The fraction of sp³-hybridized carbons (Fsp3) is 0.0909. The molecule has 0 unspecified atom stereocenters. The Morgan fingerprint density at radius 2 is 2.25 bits per heavy atom. The topological polar surface area (TPSA) is 56.1 Å². The summed E-state index contributed by atoms with van der Waals surface area (Å²) in [7, 11) is 1.56. The van der Waals surface area contributed by atoms with E-state index in [1.165, 1.54) is 10.9 Å². The van der Waals surface area contributed by atoms with E-state index in [9.17, 15) is 4.79 Å². The lowest BCUT2D eigenvalue weighted by Gasteiger charge is -2.09. The monoisotopic (exact) mass is 217 g/mol. The second kappa shape index (κ2) is 4.48. The number of benzene rings is 1. The van der Waals surface area contributed by atoms with Crippen LogP contribution in [0, 0.1) is 0 Å². The minimum atomic E-state index is -0.276. The standard InChI is InChI=1S/C11H11N3O2/c1-16-10-5-3-2-4-9(10)13-11(15)14-7-6-12-8-14/h2-8H,1H3,(H,13,15). The Kier molecular flexibility index (Phi) is 2.86. The minimum absolute atomic E-state index is 0.276. The highest BCUT2D eigenvalue weighted by atomic mass is 16.5. The number of hydrogen-bond acceptors (Lipinski definition) is 3. The highest BCUT2D eigenvalue weighted by Crippen LogP contribution is 2.22. The first-order chi connectivity index (χ1) is 7.81. The number of para-hydroxylation sites is 2. The van der Waals surface area contributed by atoms with Crippen LogP contribution < -0.4 is 10.1 Å². The molecule has 1 N–H and O–H groups in total. The van der Waals surface area contributed by atoms with Crippen molar-refractivity contribution in [3.8, 4) is 5.75 Å². The van der Waals surface area contributed by atoms with E-state index in [1.807, 2.05) is 12.1 Å². The highest BCUT2D eigenvalue weighted by molar-refractivity contribution is 5.92. The molecule has 2 rings (SSSR count). The zero-order valence-corrected chi connectivity index (χ0v) is 8.75. The van der Waals surface area contributed by atoms with Crippen molar-refractivity contribution in [2.24, 2.45) is 0 Å². The maximum absolute atomic E-state index is 11.7. The molecule has 0 saturated heterocycles. The predicted octanol–water partition coefficient (Wildman–Crippen LogP) is 1.97. The molecule has 0 atom stereocenters. The molecule has 0 saturated carbocycles. The lowest BCUT2D eigenvalue weighted by Crippen LogP contribution is -2.18. The molecule has 16 heavy (non-hydrogen) atoms. The second-order valence-electron chi connectivity index (χ2n) is 3.10. The van der Waals surface area contributed by atoms with Gasteiger partial charge in [0.25, 0.3) is 0 Å². The van der Waals surface area contributed by atoms with Crippen molar-refractivity contribution in [1.29, 1.82) is 0 Å². The Balaban J connectivity index is 2.18. The van der Waals surface area contributed by atoms with E-state index in [0.717, 1.165) is 0 Å². The van der Waals surface area contributed by atoms with Crippen LogP contribution in [0.15, 0.2) is 43.0 Å². The third kappa shape index (κ3) is 2.03. The zero-order valence-electron chi connectivity index (χ0n) is 8.75. The van der Waals surface area contributed by atoms with Crippen molar-refractivity contribution in [3.05, 3.63) is 43.0 Å². The number of ether oxygens (including phenoxy) is 1. The average Bonchev–Trinajstić information content (AvgIpc) is 2.83. The van der Waals surface area contributed by atoms with E-state index in [0.29, 0.717) is 11.4 Å². The molecule has 82 valence electrons. The number of rotatable bonds is 2.